The minimum absolute atomic E-state index is 0.0253. The normalized spacial score (nSPS) is 11.3. The fourth-order valence-electron chi connectivity index (χ4n) is 1.79. The Morgan fingerprint density at radius 1 is 1.27 bits per heavy atom. The van der Waals surface area contributed by atoms with E-state index >= 15 is 0 Å². The summed E-state index contributed by atoms with van der Waals surface area (Å²) in [5.41, 5.74) is 1.00. The van der Waals surface area contributed by atoms with Crippen molar-refractivity contribution in [2.45, 2.75) is 19.6 Å². The summed E-state index contributed by atoms with van der Waals surface area (Å²) < 4.78 is 23.5. The molecule has 0 fully saturated rings. The highest BCUT2D eigenvalue weighted by molar-refractivity contribution is 5.74. The van der Waals surface area contributed by atoms with E-state index in [0.29, 0.717) is 16.9 Å². The Bertz CT molecular complexity index is 709. The first-order chi connectivity index (χ1) is 10.6. The topological polar surface area (TPSA) is 59.3 Å². The van der Waals surface area contributed by atoms with E-state index < -0.39 is 12.1 Å². The average Bonchev–Trinajstić information content (AvgIpc) is 2.52. The average molecular weight is 299 g/mol. The lowest BCUT2D eigenvalue weighted by molar-refractivity contribution is -0.152. The van der Waals surface area contributed by atoms with E-state index in [0.717, 1.165) is 0 Å². The molecule has 1 atom stereocenters. The summed E-state index contributed by atoms with van der Waals surface area (Å²) in [6.07, 6.45) is -0.831. The molecule has 2 aromatic rings. The monoisotopic (exact) mass is 299 g/mol. The standard InChI is InChI=1S/C17H14FNO3/c1-12(22-16-7-3-4-13(9-16)10-19)17(20)21-11-14-5-2-6-15(18)8-14/h2-9,12H,11H2,1H3. The smallest absolute Gasteiger partial charge is 0.347 e. The molecule has 1 unspecified atom stereocenters. The number of nitriles is 1. The molecule has 0 N–H and O–H groups in total. The van der Waals surface area contributed by atoms with Gasteiger partial charge in [-0.25, -0.2) is 9.18 Å². The Morgan fingerprint density at radius 2 is 2.05 bits per heavy atom. The number of nitrogens with zero attached hydrogens (tertiary/aromatic N) is 1. The second-order valence-corrected chi connectivity index (χ2v) is 4.64. The second kappa shape index (κ2) is 7.23. The van der Waals surface area contributed by atoms with Gasteiger partial charge in [0.1, 0.15) is 18.2 Å². The number of carbonyl (C=O) groups excluding carboxylic acids is 1. The molecule has 0 aliphatic carbocycles. The lowest BCUT2D eigenvalue weighted by atomic mass is 10.2. The third kappa shape index (κ3) is 4.32. The molecule has 0 amide bonds. The van der Waals surface area contributed by atoms with Gasteiger partial charge >= 0.3 is 5.97 Å². The lowest BCUT2D eigenvalue weighted by Crippen LogP contribution is -2.26. The maximum Gasteiger partial charge on any atom is 0.347 e. The van der Waals surface area contributed by atoms with Crippen LogP contribution >= 0.6 is 0 Å². The molecule has 0 aliphatic rings. The van der Waals surface area contributed by atoms with Crippen molar-refractivity contribution in [3.8, 4) is 11.8 Å². The molecule has 0 saturated heterocycles. The van der Waals surface area contributed by atoms with Crippen LogP contribution in [0.4, 0.5) is 4.39 Å². The minimum Gasteiger partial charge on any atom is -0.479 e. The van der Waals surface area contributed by atoms with E-state index in [4.69, 9.17) is 14.7 Å². The third-order valence-corrected chi connectivity index (χ3v) is 2.88. The fourth-order valence-corrected chi connectivity index (χ4v) is 1.79. The van der Waals surface area contributed by atoms with Crippen LogP contribution in [0, 0.1) is 17.1 Å². The molecule has 2 rings (SSSR count). The number of esters is 1. The first kappa shape index (κ1) is 15.5. The molecule has 112 valence electrons. The van der Waals surface area contributed by atoms with Crippen LogP contribution in [-0.2, 0) is 16.1 Å². The highest BCUT2D eigenvalue weighted by Gasteiger charge is 2.16. The van der Waals surface area contributed by atoms with Crippen LogP contribution in [0.15, 0.2) is 48.5 Å². The number of benzene rings is 2. The number of halogens is 1. The predicted molar refractivity (Wildman–Crippen MR) is 77.4 cm³/mol. The van der Waals surface area contributed by atoms with Gasteiger partial charge in [0.25, 0.3) is 0 Å². The van der Waals surface area contributed by atoms with Crippen molar-refractivity contribution in [3.05, 3.63) is 65.5 Å². The number of hydrogen-bond donors (Lipinski definition) is 0. The van der Waals surface area contributed by atoms with Crippen molar-refractivity contribution in [2.75, 3.05) is 0 Å². The first-order valence-corrected chi connectivity index (χ1v) is 6.66. The van der Waals surface area contributed by atoms with Crippen LogP contribution in [0.1, 0.15) is 18.1 Å². The number of ether oxygens (including phenoxy) is 2. The van der Waals surface area contributed by atoms with Gasteiger partial charge in [-0.1, -0.05) is 18.2 Å². The van der Waals surface area contributed by atoms with Gasteiger partial charge in [0.15, 0.2) is 6.10 Å². The van der Waals surface area contributed by atoms with Gasteiger partial charge in [-0.3, -0.25) is 0 Å². The molecule has 0 aromatic heterocycles. The first-order valence-electron chi connectivity index (χ1n) is 6.66. The van der Waals surface area contributed by atoms with Crippen LogP contribution in [0.2, 0.25) is 0 Å². The number of rotatable bonds is 5. The molecule has 0 radical (unpaired) electrons. The Hall–Kier alpha value is -2.87. The van der Waals surface area contributed by atoms with Gasteiger partial charge in [0.05, 0.1) is 11.6 Å². The maximum absolute atomic E-state index is 13.0. The molecule has 0 saturated carbocycles. The molecule has 2 aromatic carbocycles. The summed E-state index contributed by atoms with van der Waals surface area (Å²) in [5, 5.41) is 8.81. The van der Waals surface area contributed by atoms with Crippen LogP contribution < -0.4 is 4.74 Å². The van der Waals surface area contributed by atoms with Gasteiger partial charge in [-0.2, -0.15) is 5.26 Å². The van der Waals surface area contributed by atoms with Crippen molar-refractivity contribution in [2.24, 2.45) is 0 Å². The Kier molecular flexibility index (Phi) is 5.10. The van der Waals surface area contributed by atoms with Gasteiger partial charge in [0.2, 0.25) is 0 Å². The van der Waals surface area contributed by atoms with Crippen LogP contribution in [0.5, 0.6) is 5.75 Å². The molecule has 4 nitrogen and oxygen atoms in total. The zero-order valence-electron chi connectivity index (χ0n) is 12.0. The van der Waals surface area contributed by atoms with Crippen molar-refractivity contribution in [3.63, 3.8) is 0 Å². The maximum atomic E-state index is 13.0. The van der Waals surface area contributed by atoms with Gasteiger partial charge in [-0.15, -0.1) is 0 Å². The quantitative estimate of drug-likeness (QED) is 0.795. The Balaban J connectivity index is 1.90. The third-order valence-electron chi connectivity index (χ3n) is 2.88. The van der Waals surface area contributed by atoms with E-state index in [1.807, 2.05) is 6.07 Å². The van der Waals surface area contributed by atoms with Crippen LogP contribution in [-0.4, -0.2) is 12.1 Å². The molecule has 22 heavy (non-hydrogen) atoms. The lowest BCUT2D eigenvalue weighted by Gasteiger charge is -2.14. The summed E-state index contributed by atoms with van der Waals surface area (Å²) in [4.78, 5) is 11.9. The van der Waals surface area contributed by atoms with Crippen molar-refractivity contribution < 1.29 is 18.7 Å². The molecule has 0 aliphatic heterocycles. The van der Waals surface area contributed by atoms with Crippen molar-refractivity contribution in [1.29, 1.82) is 5.26 Å². The zero-order chi connectivity index (χ0) is 15.9. The van der Waals surface area contributed by atoms with Gasteiger partial charge in [0, 0.05) is 0 Å². The SMILES string of the molecule is CC(Oc1cccc(C#N)c1)C(=O)OCc1cccc(F)c1. The Morgan fingerprint density at radius 3 is 2.77 bits per heavy atom. The van der Waals surface area contributed by atoms with Gasteiger partial charge in [-0.05, 0) is 42.8 Å². The number of carbonyl (C=O) groups is 1. The Labute approximate surface area is 127 Å². The van der Waals surface area contributed by atoms with Crippen molar-refractivity contribution in [1.82, 2.24) is 0 Å². The van der Waals surface area contributed by atoms with Crippen LogP contribution in [0.25, 0.3) is 0 Å². The molecular formula is C17H14FNO3. The minimum atomic E-state index is -0.831. The van der Waals surface area contributed by atoms with Crippen LogP contribution in [0.3, 0.4) is 0 Å². The second-order valence-electron chi connectivity index (χ2n) is 4.64. The summed E-state index contributed by atoms with van der Waals surface area (Å²) in [7, 11) is 0. The molecule has 5 heteroatoms. The molecular weight excluding hydrogens is 285 g/mol. The molecule has 0 heterocycles. The summed E-state index contributed by atoms with van der Waals surface area (Å²) in [5.74, 6) is -0.535. The van der Waals surface area contributed by atoms with E-state index in [1.54, 1.807) is 37.3 Å². The van der Waals surface area contributed by atoms with E-state index in [-0.39, 0.29) is 12.4 Å². The number of hydrogen-bond acceptors (Lipinski definition) is 4. The summed E-state index contributed by atoms with van der Waals surface area (Å²) in [6, 6.07) is 14.3. The largest absolute Gasteiger partial charge is 0.479 e. The van der Waals surface area contributed by atoms with E-state index in [9.17, 15) is 9.18 Å². The predicted octanol–water partition coefficient (Wildman–Crippen LogP) is 3.21. The highest BCUT2D eigenvalue weighted by atomic mass is 19.1. The van der Waals surface area contributed by atoms with Crippen molar-refractivity contribution >= 4 is 5.97 Å². The summed E-state index contributed by atoms with van der Waals surface area (Å²) in [6.45, 7) is 1.52. The fraction of sp³-hybridized carbons (Fsp3) is 0.176. The van der Waals surface area contributed by atoms with E-state index in [2.05, 4.69) is 0 Å². The zero-order valence-corrected chi connectivity index (χ0v) is 12.0. The molecule has 0 bridgehead atoms. The summed E-state index contributed by atoms with van der Waals surface area (Å²) >= 11 is 0. The molecule has 0 spiro atoms. The highest BCUT2D eigenvalue weighted by Crippen LogP contribution is 2.15. The van der Waals surface area contributed by atoms with E-state index in [1.165, 1.54) is 18.2 Å². The van der Waals surface area contributed by atoms with Gasteiger partial charge < -0.3 is 9.47 Å².